The van der Waals surface area contributed by atoms with Crippen molar-refractivity contribution in [1.29, 1.82) is 0 Å². The number of hydrogen-bond donors (Lipinski definition) is 1. The number of fused-ring (bicyclic) bond motifs is 1. The SMILES string of the molecule is CNc1csc(-c2ccc3c(c2)CCCC3)n1. The molecule has 3 rings (SSSR count). The van der Waals surface area contributed by atoms with E-state index in [1.807, 2.05) is 7.05 Å². The molecule has 0 saturated heterocycles. The monoisotopic (exact) mass is 244 g/mol. The zero-order chi connectivity index (χ0) is 11.7. The molecular formula is C14H16N2S. The number of nitrogens with one attached hydrogen (secondary N) is 1. The van der Waals surface area contributed by atoms with E-state index in [1.165, 1.54) is 42.4 Å². The van der Waals surface area contributed by atoms with Crippen LogP contribution >= 0.6 is 11.3 Å². The van der Waals surface area contributed by atoms with Gasteiger partial charge in [-0.15, -0.1) is 11.3 Å². The highest BCUT2D eigenvalue weighted by Gasteiger charge is 2.11. The minimum atomic E-state index is 0.961. The topological polar surface area (TPSA) is 24.9 Å². The maximum absolute atomic E-state index is 4.56. The first-order valence-electron chi connectivity index (χ1n) is 6.12. The molecule has 1 aliphatic rings. The van der Waals surface area contributed by atoms with Gasteiger partial charge >= 0.3 is 0 Å². The molecule has 2 aromatic rings. The highest BCUT2D eigenvalue weighted by Crippen LogP contribution is 2.30. The second-order valence-corrected chi connectivity index (χ2v) is 5.34. The van der Waals surface area contributed by atoms with Crippen molar-refractivity contribution in [3.63, 3.8) is 0 Å². The highest BCUT2D eigenvalue weighted by molar-refractivity contribution is 7.13. The maximum atomic E-state index is 4.56. The molecule has 0 atom stereocenters. The fourth-order valence-corrected chi connectivity index (χ4v) is 3.20. The summed E-state index contributed by atoms with van der Waals surface area (Å²) in [6.07, 6.45) is 5.15. The normalized spacial score (nSPS) is 14.4. The van der Waals surface area contributed by atoms with Crippen LogP contribution in [0, 0.1) is 0 Å². The van der Waals surface area contributed by atoms with Crippen LogP contribution in [0.3, 0.4) is 0 Å². The maximum Gasteiger partial charge on any atom is 0.137 e. The van der Waals surface area contributed by atoms with Gasteiger partial charge in [-0.1, -0.05) is 12.1 Å². The summed E-state index contributed by atoms with van der Waals surface area (Å²) in [6.45, 7) is 0. The summed E-state index contributed by atoms with van der Waals surface area (Å²) in [4.78, 5) is 4.56. The van der Waals surface area contributed by atoms with Crippen molar-refractivity contribution in [3.8, 4) is 10.6 Å². The Morgan fingerprint density at radius 1 is 1.18 bits per heavy atom. The summed E-state index contributed by atoms with van der Waals surface area (Å²) in [5.41, 5.74) is 4.32. The van der Waals surface area contributed by atoms with E-state index in [-0.39, 0.29) is 0 Å². The predicted octanol–water partition coefficient (Wildman–Crippen LogP) is 3.73. The molecule has 1 aliphatic carbocycles. The fraction of sp³-hybridized carbons (Fsp3) is 0.357. The molecule has 1 aromatic carbocycles. The molecule has 0 aliphatic heterocycles. The zero-order valence-electron chi connectivity index (χ0n) is 9.99. The number of thiazole rings is 1. The first-order chi connectivity index (χ1) is 8.36. The standard InChI is InChI=1S/C14H16N2S/c1-15-13-9-17-14(16-13)12-7-6-10-4-2-3-5-11(10)8-12/h6-9,15H,2-5H2,1H3. The van der Waals surface area contributed by atoms with Crippen LogP contribution in [0.15, 0.2) is 23.6 Å². The van der Waals surface area contributed by atoms with E-state index < -0.39 is 0 Å². The summed E-state index contributed by atoms with van der Waals surface area (Å²) < 4.78 is 0. The highest BCUT2D eigenvalue weighted by atomic mass is 32.1. The molecular weight excluding hydrogens is 228 g/mol. The zero-order valence-corrected chi connectivity index (χ0v) is 10.8. The number of anilines is 1. The number of benzene rings is 1. The second-order valence-electron chi connectivity index (χ2n) is 4.48. The van der Waals surface area contributed by atoms with E-state index in [1.54, 1.807) is 11.3 Å². The van der Waals surface area contributed by atoms with Crippen molar-refractivity contribution < 1.29 is 0 Å². The Morgan fingerprint density at radius 2 is 2.00 bits per heavy atom. The summed E-state index contributed by atoms with van der Waals surface area (Å²) in [7, 11) is 1.91. The van der Waals surface area contributed by atoms with Crippen LogP contribution in [0.25, 0.3) is 10.6 Å². The van der Waals surface area contributed by atoms with Gasteiger partial charge in [0.05, 0.1) is 0 Å². The Kier molecular flexibility index (Phi) is 2.85. The molecule has 17 heavy (non-hydrogen) atoms. The van der Waals surface area contributed by atoms with E-state index in [4.69, 9.17) is 0 Å². The van der Waals surface area contributed by atoms with Crippen molar-refractivity contribution in [2.24, 2.45) is 0 Å². The number of hydrogen-bond acceptors (Lipinski definition) is 3. The molecule has 1 heterocycles. The van der Waals surface area contributed by atoms with Crippen molar-refractivity contribution >= 4 is 17.2 Å². The smallest absolute Gasteiger partial charge is 0.137 e. The van der Waals surface area contributed by atoms with Crippen molar-refractivity contribution in [2.45, 2.75) is 25.7 Å². The lowest BCUT2D eigenvalue weighted by Gasteiger charge is -2.15. The fourth-order valence-electron chi connectivity index (χ4n) is 2.39. The largest absolute Gasteiger partial charge is 0.372 e. The van der Waals surface area contributed by atoms with Gasteiger partial charge in [-0.2, -0.15) is 0 Å². The third-order valence-electron chi connectivity index (χ3n) is 3.36. The number of aromatic nitrogens is 1. The van der Waals surface area contributed by atoms with E-state index in [0.29, 0.717) is 0 Å². The summed E-state index contributed by atoms with van der Waals surface area (Å²) in [5.74, 6) is 0.961. The van der Waals surface area contributed by atoms with Gasteiger partial charge in [0.25, 0.3) is 0 Å². The first-order valence-corrected chi connectivity index (χ1v) is 7.00. The molecule has 88 valence electrons. The molecule has 1 N–H and O–H groups in total. The lowest BCUT2D eigenvalue weighted by atomic mass is 9.90. The van der Waals surface area contributed by atoms with E-state index >= 15 is 0 Å². The van der Waals surface area contributed by atoms with Gasteiger partial charge in [0.1, 0.15) is 10.8 Å². The van der Waals surface area contributed by atoms with Crippen LogP contribution < -0.4 is 5.32 Å². The lowest BCUT2D eigenvalue weighted by Crippen LogP contribution is -2.02. The summed E-state index contributed by atoms with van der Waals surface area (Å²) >= 11 is 1.70. The molecule has 1 aromatic heterocycles. The molecule has 0 radical (unpaired) electrons. The number of rotatable bonds is 2. The van der Waals surface area contributed by atoms with Crippen molar-refractivity contribution in [1.82, 2.24) is 4.98 Å². The number of nitrogens with zero attached hydrogens (tertiary/aromatic N) is 1. The molecule has 0 amide bonds. The molecule has 0 spiro atoms. The Bertz CT molecular complexity index is 531. The van der Waals surface area contributed by atoms with Gasteiger partial charge in [0.15, 0.2) is 0 Å². The molecule has 2 nitrogen and oxygen atoms in total. The van der Waals surface area contributed by atoms with E-state index in [2.05, 4.69) is 33.9 Å². The van der Waals surface area contributed by atoms with Gasteiger partial charge in [0.2, 0.25) is 0 Å². The van der Waals surface area contributed by atoms with Gasteiger partial charge < -0.3 is 5.32 Å². The minimum Gasteiger partial charge on any atom is -0.372 e. The third-order valence-corrected chi connectivity index (χ3v) is 4.25. The Hall–Kier alpha value is -1.35. The second kappa shape index (κ2) is 4.49. The van der Waals surface area contributed by atoms with Gasteiger partial charge in [-0.25, -0.2) is 4.98 Å². The molecule has 0 fully saturated rings. The Morgan fingerprint density at radius 3 is 2.76 bits per heavy atom. The van der Waals surface area contributed by atoms with Crippen LogP contribution in [-0.4, -0.2) is 12.0 Å². The predicted molar refractivity (Wildman–Crippen MR) is 73.7 cm³/mol. The molecule has 3 heteroatoms. The average molecular weight is 244 g/mol. The van der Waals surface area contributed by atoms with Gasteiger partial charge in [0, 0.05) is 18.0 Å². The number of aryl methyl sites for hydroxylation is 2. The van der Waals surface area contributed by atoms with Gasteiger partial charge in [-0.05, 0) is 42.9 Å². The lowest BCUT2D eigenvalue weighted by molar-refractivity contribution is 0.686. The van der Waals surface area contributed by atoms with Gasteiger partial charge in [-0.3, -0.25) is 0 Å². The third kappa shape index (κ3) is 2.07. The minimum absolute atomic E-state index is 0.961. The molecule has 0 bridgehead atoms. The van der Waals surface area contributed by atoms with E-state index in [9.17, 15) is 0 Å². The quantitative estimate of drug-likeness (QED) is 0.870. The van der Waals surface area contributed by atoms with Crippen LogP contribution in [-0.2, 0) is 12.8 Å². The summed E-state index contributed by atoms with van der Waals surface area (Å²) in [5, 5.41) is 6.26. The Labute approximate surface area is 106 Å². The molecule has 0 unspecified atom stereocenters. The first kappa shape index (κ1) is 10.8. The molecule has 0 saturated carbocycles. The van der Waals surface area contributed by atoms with Crippen molar-refractivity contribution in [3.05, 3.63) is 34.7 Å². The average Bonchev–Trinajstić information content (AvgIpc) is 2.87. The Balaban J connectivity index is 1.97. The summed E-state index contributed by atoms with van der Waals surface area (Å²) in [6, 6.07) is 6.82. The van der Waals surface area contributed by atoms with Crippen LogP contribution in [0.2, 0.25) is 0 Å². The van der Waals surface area contributed by atoms with Crippen LogP contribution in [0.1, 0.15) is 24.0 Å². The van der Waals surface area contributed by atoms with Crippen LogP contribution in [0.5, 0.6) is 0 Å². The van der Waals surface area contributed by atoms with E-state index in [0.717, 1.165) is 10.8 Å². The van der Waals surface area contributed by atoms with Crippen molar-refractivity contribution in [2.75, 3.05) is 12.4 Å². The van der Waals surface area contributed by atoms with Crippen LogP contribution in [0.4, 0.5) is 5.82 Å².